The maximum atomic E-state index is 13.9. The molecule has 2 aromatic rings. The van der Waals surface area contributed by atoms with Crippen LogP contribution in [0, 0.1) is 22.7 Å². The van der Waals surface area contributed by atoms with Gasteiger partial charge in [0.25, 0.3) is 0 Å². The molecule has 43 heavy (non-hydrogen) atoms. The van der Waals surface area contributed by atoms with Gasteiger partial charge in [0.15, 0.2) is 0 Å². The number of esters is 3. The number of fused-ring (bicyclic) bond motifs is 4. The standard InChI is InChI=1S/C36H44O7/c1-20-18-28(43-34(39)26-15-11-13-24-12-9-10-14-25(24)26)32-33(42-23(4)38)31-21(2)27(41-22(3)37)16-17-36(31,7)19-29(40-8)30(20)35(32,5)6/h9-15,27-29,31-33H,2,16-19H2,1,3-8H3/t27-,28-,29-,31-,32?,33-,36?/m0/s1. The quantitative estimate of drug-likeness (QED) is 0.211. The summed E-state index contributed by atoms with van der Waals surface area (Å²) in [6.45, 7) is 15.8. The van der Waals surface area contributed by atoms with Crippen molar-refractivity contribution in [3.05, 3.63) is 71.3 Å². The minimum absolute atomic E-state index is 0.184. The van der Waals surface area contributed by atoms with Gasteiger partial charge in [0.1, 0.15) is 18.3 Å². The topological polar surface area (TPSA) is 88.1 Å². The molecule has 0 heterocycles. The Morgan fingerprint density at radius 2 is 1.58 bits per heavy atom. The van der Waals surface area contributed by atoms with E-state index in [1.54, 1.807) is 13.2 Å². The van der Waals surface area contributed by atoms with Gasteiger partial charge in [-0.05, 0) is 65.0 Å². The summed E-state index contributed by atoms with van der Waals surface area (Å²) < 4.78 is 24.7. The van der Waals surface area contributed by atoms with Crippen LogP contribution in [0.15, 0.2) is 65.8 Å². The molecule has 230 valence electrons. The summed E-state index contributed by atoms with van der Waals surface area (Å²) >= 11 is 0. The van der Waals surface area contributed by atoms with E-state index in [0.717, 1.165) is 28.3 Å². The van der Waals surface area contributed by atoms with Gasteiger partial charge in [0.2, 0.25) is 0 Å². The van der Waals surface area contributed by atoms with Crippen LogP contribution >= 0.6 is 0 Å². The minimum Gasteiger partial charge on any atom is -0.461 e. The molecule has 7 heteroatoms. The number of rotatable bonds is 5. The van der Waals surface area contributed by atoms with Crippen molar-refractivity contribution in [2.24, 2.45) is 22.7 Å². The lowest BCUT2D eigenvalue weighted by Crippen LogP contribution is -2.60. The molecule has 0 spiro atoms. The van der Waals surface area contributed by atoms with Gasteiger partial charge in [-0.25, -0.2) is 4.79 Å². The Balaban J connectivity index is 1.65. The minimum atomic E-state index is -0.672. The van der Waals surface area contributed by atoms with Crippen LogP contribution in [0.2, 0.25) is 0 Å². The highest BCUT2D eigenvalue weighted by atomic mass is 16.6. The van der Waals surface area contributed by atoms with Crippen LogP contribution in [-0.2, 0) is 28.5 Å². The van der Waals surface area contributed by atoms with Crippen LogP contribution < -0.4 is 0 Å². The lowest BCUT2D eigenvalue weighted by molar-refractivity contribution is -0.177. The molecular formula is C36H44O7. The number of methoxy groups -OCH3 is 1. The Bertz CT molecular complexity index is 1480. The monoisotopic (exact) mass is 588 g/mol. The van der Waals surface area contributed by atoms with Crippen molar-refractivity contribution in [2.75, 3.05) is 7.11 Å². The predicted octanol–water partition coefficient (Wildman–Crippen LogP) is 6.98. The number of ether oxygens (including phenoxy) is 4. The average molecular weight is 589 g/mol. The zero-order valence-corrected chi connectivity index (χ0v) is 26.4. The van der Waals surface area contributed by atoms with E-state index in [1.165, 1.54) is 19.4 Å². The van der Waals surface area contributed by atoms with Gasteiger partial charge in [0.05, 0.1) is 11.7 Å². The van der Waals surface area contributed by atoms with Gasteiger partial charge in [-0.2, -0.15) is 0 Å². The molecule has 2 bridgehead atoms. The highest BCUT2D eigenvalue weighted by Gasteiger charge is 2.61. The van der Waals surface area contributed by atoms with Gasteiger partial charge >= 0.3 is 17.9 Å². The van der Waals surface area contributed by atoms with E-state index in [1.807, 2.05) is 36.4 Å². The van der Waals surface area contributed by atoms with Crippen molar-refractivity contribution < 1.29 is 33.3 Å². The first-order chi connectivity index (χ1) is 20.3. The molecule has 2 unspecified atom stereocenters. The van der Waals surface area contributed by atoms with Crippen molar-refractivity contribution in [3.63, 3.8) is 0 Å². The van der Waals surface area contributed by atoms with Crippen LogP contribution in [0.3, 0.4) is 0 Å². The summed E-state index contributed by atoms with van der Waals surface area (Å²) in [6.07, 6.45) is 0.602. The van der Waals surface area contributed by atoms with Crippen LogP contribution in [0.5, 0.6) is 0 Å². The van der Waals surface area contributed by atoms with Crippen LogP contribution in [0.25, 0.3) is 10.8 Å². The Morgan fingerprint density at radius 3 is 2.26 bits per heavy atom. The summed E-state index contributed by atoms with van der Waals surface area (Å²) in [7, 11) is 1.74. The van der Waals surface area contributed by atoms with E-state index in [9.17, 15) is 14.4 Å². The Labute approximate surface area is 254 Å². The first kappa shape index (κ1) is 31.0. The molecule has 2 fully saturated rings. The molecule has 0 radical (unpaired) electrons. The molecule has 7 atom stereocenters. The second kappa shape index (κ2) is 11.6. The predicted molar refractivity (Wildman–Crippen MR) is 164 cm³/mol. The van der Waals surface area contributed by atoms with E-state index < -0.39 is 41.6 Å². The fourth-order valence-corrected chi connectivity index (χ4v) is 8.65. The molecule has 0 aliphatic heterocycles. The normalized spacial score (nSPS) is 31.8. The molecule has 3 aliphatic rings. The highest BCUT2D eigenvalue weighted by Crippen LogP contribution is 2.60. The second-order valence-electron chi connectivity index (χ2n) is 13.5. The van der Waals surface area contributed by atoms with Crippen molar-refractivity contribution >= 4 is 28.7 Å². The van der Waals surface area contributed by atoms with E-state index >= 15 is 0 Å². The van der Waals surface area contributed by atoms with Crippen LogP contribution in [0.1, 0.15) is 77.6 Å². The van der Waals surface area contributed by atoms with Gasteiger partial charge in [-0.1, -0.05) is 69.3 Å². The second-order valence-corrected chi connectivity index (χ2v) is 13.5. The Morgan fingerprint density at radius 1 is 0.907 bits per heavy atom. The number of hydrogen-bond donors (Lipinski definition) is 0. The molecule has 2 saturated carbocycles. The maximum absolute atomic E-state index is 13.9. The first-order valence-corrected chi connectivity index (χ1v) is 15.2. The third-order valence-electron chi connectivity index (χ3n) is 10.3. The summed E-state index contributed by atoms with van der Waals surface area (Å²) in [5.74, 6) is -1.97. The lowest BCUT2D eigenvalue weighted by Gasteiger charge is -2.59. The SMILES string of the molecule is C=C1[C@@H](OC(C)=O)CCC2(C)C[C@H](OC)C3=C(C)C[C@H](OC(=O)c4cccc5ccccc45)C([C@@H](OC(C)=O)[C@H]12)C3(C)C. The largest absolute Gasteiger partial charge is 0.461 e. The van der Waals surface area contributed by atoms with Crippen molar-refractivity contribution in [3.8, 4) is 0 Å². The van der Waals surface area contributed by atoms with E-state index in [4.69, 9.17) is 18.9 Å². The first-order valence-electron chi connectivity index (χ1n) is 15.2. The summed E-state index contributed by atoms with van der Waals surface area (Å²) in [6, 6.07) is 13.4. The molecule has 0 saturated heterocycles. The Hall–Kier alpha value is -3.45. The summed E-state index contributed by atoms with van der Waals surface area (Å²) in [5.41, 5.74) is 2.57. The zero-order chi connectivity index (χ0) is 31.3. The van der Waals surface area contributed by atoms with Crippen molar-refractivity contribution in [1.82, 2.24) is 0 Å². The molecule has 0 amide bonds. The van der Waals surface area contributed by atoms with Gasteiger partial charge in [-0.3, -0.25) is 9.59 Å². The van der Waals surface area contributed by atoms with E-state index in [0.29, 0.717) is 24.8 Å². The molecular weight excluding hydrogens is 544 g/mol. The van der Waals surface area contributed by atoms with Gasteiger partial charge in [0, 0.05) is 39.2 Å². The van der Waals surface area contributed by atoms with E-state index in [2.05, 4.69) is 34.3 Å². The maximum Gasteiger partial charge on any atom is 0.339 e. The van der Waals surface area contributed by atoms with Crippen molar-refractivity contribution in [1.29, 1.82) is 0 Å². The van der Waals surface area contributed by atoms with Crippen molar-refractivity contribution in [2.45, 2.75) is 91.6 Å². The highest BCUT2D eigenvalue weighted by molar-refractivity contribution is 6.04. The van der Waals surface area contributed by atoms with Crippen LogP contribution in [0.4, 0.5) is 0 Å². The molecule has 0 aromatic heterocycles. The Kier molecular flexibility index (Phi) is 8.34. The molecule has 2 aromatic carbocycles. The van der Waals surface area contributed by atoms with Crippen LogP contribution in [-0.4, -0.2) is 49.4 Å². The summed E-state index contributed by atoms with van der Waals surface area (Å²) in [5, 5.41) is 1.78. The van der Waals surface area contributed by atoms with Gasteiger partial charge in [-0.15, -0.1) is 0 Å². The fourth-order valence-electron chi connectivity index (χ4n) is 8.65. The fraction of sp³-hybridized carbons (Fsp3) is 0.528. The van der Waals surface area contributed by atoms with E-state index in [-0.39, 0.29) is 23.4 Å². The lowest BCUT2D eigenvalue weighted by atomic mass is 9.50. The molecule has 0 N–H and O–H groups in total. The number of carbonyl (C=O) groups excluding carboxylic acids is 3. The third-order valence-corrected chi connectivity index (χ3v) is 10.3. The zero-order valence-electron chi connectivity index (χ0n) is 26.4. The number of carbonyl (C=O) groups is 3. The summed E-state index contributed by atoms with van der Waals surface area (Å²) in [4.78, 5) is 38.8. The third kappa shape index (κ3) is 5.52. The average Bonchev–Trinajstić information content (AvgIpc) is 2.92. The molecule has 3 aliphatic carbocycles. The number of benzene rings is 2. The molecule has 5 rings (SSSR count). The van der Waals surface area contributed by atoms with Gasteiger partial charge < -0.3 is 18.9 Å². The smallest absolute Gasteiger partial charge is 0.339 e. The molecule has 7 nitrogen and oxygen atoms in total. The number of hydrogen-bond acceptors (Lipinski definition) is 7.